The number of methoxy groups -OCH3 is 1. The molecule has 0 aliphatic carbocycles. The van der Waals surface area contributed by atoms with Crippen molar-refractivity contribution in [2.45, 2.75) is 19.9 Å². The van der Waals surface area contributed by atoms with Gasteiger partial charge in [-0.1, -0.05) is 12.1 Å². The van der Waals surface area contributed by atoms with E-state index < -0.39 is 6.03 Å². The lowest BCUT2D eigenvalue weighted by Crippen LogP contribution is -2.26. The number of ether oxygens (including phenoxy) is 1. The van der Waals surface area contributed by atoms with Gasteiger partial charge in [-0.15, -0.1) is 0 Å². The second-order valence-electron chi connectivity index (χ2n) is 6.71. The number of nitrogens with zero attached hydrogens (tertiary/aromatic N) is 2. The van der Waals surface area contributed by atoms with Crippen LogP contribution in [-0.2, 0) is 4.74 Å². The molecule has 0 aliphatic rings. The van der Waals surface area contributed by atoms with E-state index in [9.17, 15) is 14.4 Å². The number of anilines is 2. The van der Waals surface area contributed by atoms with E-state index in [-0.39, 0.29) is 17.4 Å². The van der Waals surface area contributed by atoms with Gasteiger partial charge in [0, 0.05) is 24.0 Å². The molecule has 1 heterocycles. The predicted octanol–water partition coefficient (Wildman–Crippen LogP) is 3.45. The minimum absolute atomic E-state index is 0.0879. The van der Waals surface area contributed by atoms with Crippen molar-refractivity contribution in [1.29, 1.82) is 0 Å². The molecule has 0 saturated heterocycles. The molecule has 0 fully saturated rings. The Balaban J connectivity index is 1.82. The van der Waals surface area contributed by atoms with Crippen LogP contribution in [-0.4, -0.2) is 35.1 Å². The van der Waals surface area contributed by atoms with Crippen LogP contribution in [0.5, 0.6) is 0 Å². The molecule has 29 heavy (non-hydrogen) atoms. The summed E-state index contributed by atoms with van der Waals surface area (Å²) in [4.78, 5) is 40.9. The Morgan fingerprint density at radius 1 is 1.14 bits per heavy atom. The second kappa shape index (κ2) is 8.66. The van der Waals surface area contributed by atoms with Gasteiger partial charge in [0.25, 0.3) is 5.56 Å². The zero-order valence-corrected chi connectivity index (χ0v) is 16.4. The fourth-order valence-corrected chi connectivity index (χ4v) is 2.96. The Bertz CT molecular complexity index is 1120. The third kappa shape index (κ3) is 4.67. The summed E-state index contributed by atoms with van der Waals surface area (Å²) in [5, 5.41) is 5.77. The van der Waals surface area contributed by atoms with Gasteiger partial charge in [0.1, 0.15) is 0 Å². The molecule has 3 aromatic rings. The number of fused-ring (bicyclic) bond motifs is 1. The van der Waals surface area contributed by atoms with Crippen LogP contribution in [0, 0.1) is 0 Å². The molecule has 8 nitrogen and oxygen atoms in total. The van der Waals surface area contributed by atoms with Gasteiger partial charge in [-0.3, -0.25) is 14.2 Å². The minimum atomic E-state index is -0.484. The summed E-state index contributed by atoms with van der Waals surface area (Å²) in [6.07, 6.45) is 1.50. The van der Waals surface area contributed by atoms with Gasteiger partial charge in [0.2, 0.25) is 0 Å². The lowest BCUT2D eigenvalue weighted by molar-refractivity contribution is 0.101. The monoisotopic (exact) mass is 394 g/mol. The Kier molecular flexibility index (Phi) is 6.04. The van der Waals surface area contributed by atoms with Crippen LogP contribution in [0.2, 0.25) is 0 Å². The number of benzene rings is 2. The Hall–Kier alpha value is -3.52. The largest absolute Gasteiger partial charge is 0.383 e. The normalized spacial score (nSPS) is 11.8. The van der Waals surface area contributed by atoms with Gasteiger partial charge in [-0.2, -0.15) is 0 Å². The highest BCUT2D eigenvalue weighted by Gasteiger charge is 2.12. The second-order valence-corrected chi connectivity index (χ2v) is 6.71. The van der Waals surface area contributed by atoms with Crippen molar-refractivity contribution in [3.05, 3.63) is 64.7 Å². The van der Waals surface area contributed by atoms with E-state index in [1.54, 1.807) is 49.6 Å². The number of rotatable bonds is 6. The molecule has 0 bridgehead atoms. The standard InChI is InChI=1S/C21H22N4O4/c1-13(11-29-3)25-12-22-19-8-7-17(10-18(19)20(25)27)24-21(28)23-16-6-4-5-15(9-16)14(2)26/h4-10,12-13H,11H2,1-3H3,(H2,23,24,28). The number of hydrogen-bond donors (Lipinski definition) is 2. The molecule has 1 atom stereocenters. The molecule has 0 aliphatic heterocycles. The molecule has 2 aromatic carbocycles. The summed E-state index contributed by atoms with van der Waals surface area (Å²) in [6.45, 7) is 3.71. The fourth-order valence-electron chi connectivity index (χ4n) is 2.96. The van der Waals surface area contributed by atoms with E-state index in [0.717, 1.165) is 0 Å². The number of amides is 2. The van der Waals surface area contributed by atoms with E-state index in [1.807, 2.05) is 6.92 Å². The zero-order chi connectivity index (χ0) is 21.0. The van der Waals surface area contributed by atoms with E-state index in [2.05, 4.69) is 15.6 Å². The number of hydrogen-bond acceptors (Lipinski definition) is 5. The van der Waals surface area contributed by atoms with Crippen LogP contribution >= 0.6 is 0 Å². The number of nitrogens with one attached hydrogen (secondary N) is 2. The van der Waals surface area contributed by atoms with Crippen LogP contribution in [0.4, 0.5) is 16.2 Å². The molecule has 8 heteroatoms. The van der Waals surface area contributed by atoms with Crippen LogP contribution < -0.4 is 16.2 Å². The van der Waals surface area contributed by atoms with Crippen LogP contribution in [0.15, 0.2) is 53.6 Å². The zero-order valence-electron chi connectivity index (χ0n) is 16.4. The Morgan fingerprint density at radius 2 is 1.86 bits per heavy atom. The van der Waals surface area contributed by atoms with Gasteiger partial charge in [0.15, 0.2) is 5.78 Å². The molecule has 150 valence electrons. The lowest BCUT2D eigenvalue weighted by atomic mass is 10.1. The van der Waals surface area contributed by atoms with E-state index in [4.69, 9.17) is 4.74 Å². The predicted molar refractivity (Wildman–Crippen MR) is 112 cm³/mol. The van der Waals surface area contributed by atoms with Crippen molar-refractivity contribution in [3.8, 4) is 0 Å². The van der Waals surface area contributed by atoms with Crippen LogP contribution in [0.3, 0.4) is 0 Å². The highest BCUT2D eigenvalue weighted by atomic mass is 16.5. The average Bonchev–Trinajstić information content (AvgIpc) is 2.69. The molecule has 2 N–H and O–H groups in total. The molecular formula is C21H22N4O4. The van der Waals surface area contributed by atoms with Gasteiger partial charge < -0.3 is 15.4 Å². The van der Waals surface area contributed by atoms with Crippen molar-refractivity contribution in [2.24, 2.45) is 0 Å². The van der Waals surface area contributed by atoms with Gasteiger partial charge >= 0.3 is 6.03 Å². The summed E-state index contributed by atoms with van der Waals surface area (Å²) in [7, 11) is 1.57. The summed E-state index contributed by atoms with van der Waals surface area (Å²) < 4.78 is 6.61. The van der Waals surface area contributed by atoms with Crippen LogP contribution in [0.1, 0.15) is 30.2 Å². The number of aromatic nitrogens is 2. The first-order valence-corrected chi connectivity index (χ1v) is 9.08. The van der Waals surface area contributed by atoms with E-state index in [0.29, 0.717) is 34.4 Å². The van der Waals surface area contributed by atoms with Gasteiger partial charge in [-0.25, -0.2) is 9.78 Å². The highest BCUT2D eigenvalue weighted by molar-refractivity contribution is 6.02. The molecule has 1 aromatic heterocycles. The number of carbonyl (C=O) groups is 2. The maximum atomic E-state index is 12.8. The van der Waals surface area contributed by atoms with Crippen molar-refractivity contribution in [1.82, 2.24) is 9.55 Å². The summed E-state index contributed by atoms with van der Waals surface area (Å²) in [5.41, 5.74) is 1.78. The third-order valence-corrected chi connectivity index (χ3v) is 4.45. The molecule has 0 saturated carbocycles. The maximum Gasteiger partial charge on any atom is 0.323 e. The fraction of sp³-hybridized carbons (Fsp3) is 0.238. The maximum absolute atomic E-state index is 12.8. The molecule has 1 unspecified atom stereocenters. The molecule has 0 radical (unpaired) electrons. The Labute approximate surface area is 167 Å². The van der Waals surface area contributed by atoms with E-state index >= 15 is 0 Å². The molecular weight excluding hydrogens is 372 g/mol. The third-order valence-electron chi connectivity index (χ3n) is 4.45. The lowest BCUT2D eigenvalue weighted by Gasteiger charge is -2.14. The quantitative estimate of drug-likeness (QED) is 0.624. The van der Waals surface area contributed by atoms with Crippen molar-refractivity contribution in [2.75, 3.05) is 24.4 Å². The summed E-state index contributed by atoms with van der Waals surface area (Å²) >= 11 is 0. The smallest absolute Gasteiger partial charge is 0.323 e. The average molecular weight is 394 g/mol. The number of Topliss-reactive ketones (excluding diaryl/α,β-unsaturated/α-hetero) is 1. The van der Waals surface area contributed by atoms with Gasteiger partial charge in [0.05, 0.1) is 29.9 Å². The van der Waals surface area contributed by atoms with E-state index in [1.165, 1.54) is 17.8 Å². The first kappa shape index (κ1) is 20.2. The van der Waals surface area contributed by atoms with Gasteiger partial charge in [-0.05, 0) is 44.2 Å². The SMILES string of the molecule is COCC(C)n1cnc2ccc(NC(=O)Nc3cccc(C(C)=O)c3)cc2c1=O. The molecule has 0 spiro atoms. The van der Waals surface area contributed by atoms with Crippen molar-refractivity contribution >= 4 is 34.1 Å². The minimum Gasteiger partial charge on any atom is -0.383 e. The number of carbonyl (C=O) groups excluding carboxylic acids is 2. The van der Waals surface area contributed by atoms with Crippen molar-refractivity contribution < 1.29 is 14.3 Å². The number of urea groups is 1. The number of ketones is 1. The molecule has 3 rings (SSSR count). The highest BCUT2D eigenvalue weighted by Crippen LogP contribution is 2.17. The Morgan fingerprint density at radius 3 is 2.55 bits per heavy atom. The van der Waals surface area contributed by atoms with Crippen LogP contribution in [0.25, 0.3) is 10.9 Å². The molecule has 2 amide bonds. The topological polar surface area (TPSA) is 102 Å². The first-order valence-electron chi connectivity index (χ1n) is 9.08. The first-order chi connectivity index (χ1) is 13.9. The summed E-state index contributed by atoms with van der Waals surface area (Å²) in [5.74, 6) is -0.0879. The summed E-state index contributed by atoms with van der Waals surface area (Å²) in [6, 6.07) is 10.9. The van der Waals surface area contributed by atoms with Crippen molar-refractivity contribution in [3.63, 3.8) is 0 Å².